The van der Waals surface area contributed by atoms with Crippen LogP contribution >= 0.6 is 0 Å². The first kappa shape index (κ1) is 11.0. The van der Waals surface area contributed by atoms with E-state index in [1.165, 1.54) is 6.07 Å². The van der Waals surface area contributed by atoms with E-state index in [9.17, 15) is 4.39 Å². The standard InChI is InChI=1S/C11H17FN2/c1-9(7-8-13)14(2)11-6-4-3-5-10(11)12/h3-6,9H,7-8,13H2,1-2H3. The third-order valence-corrected chi connectivity index (χ3v) is 2.48. The van der Waals surface area contributed by atoms with Gasteiger partial charge in [0, 0.05) is 13.1 Å². The third-order valence-electron chi connectivity index (χ3n) is 2.48. The molecule has 1 aromatic carbocycles. The molecule has 14 heavy (non-hydrogen) atoms. The van der Waals surface area contributed by atoms with Crippen molar-refractivity contribution in [3.63, 3.8) is 0 Å². The highest BCUT2D eigenvalue weighted by Gasteiger charge is 2.11. The molecule has 0 aliphatic heterocycles. The maximum Gasteiger partial charge on any atom is 0.146 e. The predicted molar refractivity (Wildman–Crippen MR) is 57.9 cm³/mol. The van der Waals surface area contributed by atoms with Gasteiger partial charge in [-0.05, 0) is 32.0 Å². The Labute approximate surface area is 84.5 Å². The second kappa shape index (κ2) is 4.96. The third kappa shape index (κ3) is 2.45. The quantitative estimate of drug-likeness (QED) is 0.798. The second-order valence-electron chi connectivity index (χ2n) is 3.49. The number of nitrogens with zero attached hydrogens (tertiary/aromatic N) is 1. The van der Waals surface area contributed by atoms with Gasteiger partial charge in [-0.25, -0.2) is 4.39 Å². The molecule has 1 unspecified atom stereocenters. The molecule has 0 amide bonds. The summed E-state index contributed by atoms with van der Waals surface area (Å²) in [5.74, 6) is -0.182. The average Bonchev–Trinajstić information content (AvgIpc) is 2.18. The zero-order chi connectivity index (χ0) is 10.6. The fraction of sp³-hybridized carbons (Fsp3) is 0.455. The summed E-state index contributed by atoms with van der Waals surface area (Å²) in [6.45, 7) is 2.67. The first-order valence-corrected chi connectivity index (χ1v) is 4.84. The summed E-state index contributed by atoms with van der Waals surface area (Å²) >= 11 is 0. The summed E-state index contributed by atoms with van der Waals surface area (Å²) in [6, 6.07) is 7.05. The van der Waals surface area contributed by atoms with Gasteiger partial charge in [0.2, 0.25) is 0 Å². The van der Waals surface area contributed by atoms with Crippen molar-refractivity contribution >= 4 is 5.69 Å². The molecular weight excluding hydrogens is 179 g/mol. The van der Waals surface area contributed by atoms with Crippen molar-refractivity contribution in [2.75, 3.05) is 18.5 Å². The summed E-state index contributed by atoms with van der Waals surface area (Å²) in [5, 5.41) is 0. The normalized spacial score (nSPS) is 12.6. The van der Waals surface area contributed by atoms with Crippen LogP contribution in [0.1, 0.15) is 13.3 Å². The van der Waals surface area contributed by atoms with E-state index in [0.29, 0.717) is 12.2 Å². The highest BCUT2D eigenvalue weighted by molar-refractivity contribution is 5.47. The molecular formula is C11H17FN2. The molecule has 1 rings (SSSR count). The van der Waals surface area contributed by atoms with Crippen molar-refractivity contribution in [3.8, 4) is 0 Å². The summed E-state index contributed by atoms with van der Waals surface area (Å²) < 4.78 is 13.4. The summed E-state index contributed by atoms with van der Waals surface area (Å²) in [4.78, 5) is 1.92. The Bertz CT molecular complexity index is 288. The smallest absolute Gasteiger partial charge is 0.146 e. The van der Waals surface area contributed by atoms with Crippen LogP contribution in [0.5, 0.6) is 0 Å². The molecule has 1 aromatic rings. The lowest BCUT2D eigenvalue weighted by atomic mass is 10.2. The molecule has 0 aliphatic carbocycles. The van der Waals surface area contributed by atoms with Gasteiger partial charge in [-0.1, -0.05) is 12.1 Å². The van der Waals surface area contributed by atoms with Crippen molar-refractivity contribution in [1.82, 2.24) is 0 Å². The number of hydrogen-bond acceptors (Lipinski definition) is 2. The summed E-state index contributed by atoms with van der Waals surface area (Å²) in [6.07, 6.45) is 0.866. The first-order valence-electron chi connectivity index (χ1n) is 4.84. The Morgan fingerprint density at radius 3 is 2.64 bits per heavy atom. The number of nitrogens with two attached hydrogens (primary N) is 1. The van der Waals surface area contributed by atoms with Crippen LogP contribution < -0.4 is 10.6 Å². The molecule has 0 radical (unpaired) electrons. The maximum absolute atomic E-state index is 13.4. The van der Waals surface area contributed by atoms with Gasteiger partial charge < -0.3 is 10.6 Å². The van der Waals surface area contributed by atoms with Crippen LogP contribution in [-0.2, 0) is 0 Å². The lowest BCUT2D eigenvalue weighted by molar-refractivity contribution is 0.591. The van der Waals surface area contributed by atoms with Crippen LogP contribution in [0, 0.1) is 5.82 Å². The van der Waals surface area contributed by atoms with Gasteiger partial charge in [0.25, 0.3) is 0 Å². The molecule has 2 nitrogen and oxygen atoms in total. The van der Waals surface area contributed by atoms with Crippen molar-refractivity contribution in [3.05, 3.63) is 30.1 Å². The van der Waals surface area contributed by atoms with E-state index in [4.69, 9.17) is 5.73 Å². The van der Waals surface area contributed by atoms with Crippen molar-refractivity contribution in [2.45, 2.75) is 19.4 Å². The topological polar surface area (TPSA) is 29.3 Å². The molecule has 0 saturated carbocycles. The lowest BCUT2D eigenvalue weighted by Gasteiger charge is -2.26. The zero-order valence-electron chi connectivity index (χ0n) is 8.70. The Morgan fingerprint density at radius 1 is 1.43 bits per heavy atom. The van der Waals surface area contributed by atoms with Gasteiger partial charge in [0.05, 0.1) is 5.69 Å². The van der Waals surface area contributed by atoms with Crippen LogP contribution in [-0.4, -0.2) is 19.6 Å². The molecule has 0 saturated heterocycles. The molecule has 0 bridgehead atoms. The number of hydrogen-bond donors (Lipinski definition) is 1. The fourth-order valence-electron chi connectivity index (χ4n) is 1.41. The molecule has 78 valence electrons. The number of anilines is 1. The minimum atomic E-state index is -0.182. The number of para-hydroxylation sites is 1. The average molecular weight is 196 g/mol. The Hall–Kier alpha value is -1.09. The van der Waals surface area contributed by atoms with Crippen molar-refractivity contribution in [1.29, 1.82) is 0 Å². The van der Waals surface area contributed by atoms with Crippen LogP contribution in [0.25, 0.3) is 0 Å². The van der Waals surface area contributed by atoms with E-state index in [1.54, 1.807) is 12.1 Å². The molecule has 0 spiro atoms. The summed E-state index contributed by atoms with van der Waals surface area (Å²) in [5.41, 5.74) is 6.10. The lowest BCUT2D eigenvalue weighted by Crippen LogP contribution is -2.31. The van der Waals surface area contributed by atoms with Gasteiger partial charge in [0.1, 0.15) is 5.82 Å². The van der Waals surface area contributed by atoms with Crippen molar-refractivity contribution < 1.29 is 4.39 Å². The predicted octanol–water partition coefficient (Wildman–Crippen LogP) is 2.00. The van der Waals surface area contributed by atoms with Crippen LogP contribution in [0.2, 0.25) is 0 Å². The minimum Gasteiger partial charge on any atom is -0.369 e. The first-order chi connectivity index (χ1) is 6.66. The molecule has 2 N–H and O–H groups in total. The van der Waals surface area contributed by atoms with Gasteiger partial charge in [-0.15, -0.1) is 0 Å². The molecule has 0 aliphatic rings. The largest absolute Gasteiger partial charge is 0.369 e. The Morgan fingerprint density at radius 2 is 2.07 bits per heavy atom. The number of benzene rings is 1. The van der Waals surface area contributed by atoms with Gasteiger partial charge >= 0.3 is 0 Å². The zero-order valence-corrected chi connectivity index (χ0v) is 8.70. The van der Waals surface area contributed by atoms with E-state index in [0.717, 1.165) is 6.42 Å². The fourth-order valence-corrected chi connectivity index (χ4v) is 1.41. The number of halogens is 1. The molecule has 0 fully saturated rings. The van der Waals surface area contributed by atoms with Crippen LogP contribution in [0.3, 0.4) is 0 Å². The van der Waals surface area contributed by atoms with Gasteiger partial charge in [-0.2, -0.15) is 0 Å². The Balaban J connectivity index is 2.78. The van der Waals surface area contributed by atoms with Gasteiger partial charge in [0.15, 0.2) is 0 Å². The maximum atomic E-state index is 13.4. The van der Waals surface area contributed by atoms with E-state index in [2.05, 4.69) is 0 Å². The monoisotopic (exact) mass is 196 g/mol. The molecule has 0 heterocycles. The minimum absolute atomic E-state index is 0.182. The summed E-state index contributed by atoms with van der Waals surface area (Å²) in [7, 11) is 1.89. The van der Waals surface area contributed by atoms with Crippen LogP contribution in [0.15, 0.2) is 24.3 Å². The molecule has 1 atom stereocenters. The van der Waals surface area contributed by atoms with E-state index >= 15 is 0 Å². The highest BCUT2D eigenvalue weighted by atomic mass is 19.1. The van der Waals surface area contributed by atoms with Crippen molar-refractivity contribution in [2.24, 2.45) is 5.73 Å². The van der Waals surface area contributed by atoms with Crippen LogP contribution in [0.4, 0.5) is 10.1 Å². The van der Waals surface area contributed by atoms with E-state index < -0.39 is 0 Å². The molecule has 0 aromatic heterocycles. The molecule has 3 heteroatoms. The van der Waals surface area contributed by atoms with Gasteiger partial charge in [-0.3, -0.25) is 0 Å². The second-order valence-corrected chi connectivity index (χ2v) is 3.49. The number of rotatable bonds is 4. The SMILES string of the molecule is CC(CCN)N(C)c1ccccc1F. The van der Waals surface area contributed by atoms with E-state index in [-0.39, 0.29) is 11.9 Å². The highest BCUT2D eigenvalue weighted by Crippen LogP contribution is 2.19. The van der Waals surface area contributed by atoms with E-state index in [1.807, 2.05) is 24.9 Å². The Kier molecular flexibility index (Phi) is 3.89.